The fourth-order valence-electron chi connectivity index (χ4n) is 1.09. The normalized spacial score (nSPS) is 9.47. The van der Waals surface area contributed by atoms with E-state index in [1.165, 1.54) is 6.07 Å². The number of nitro groups is 1. The van der Waals surface area contributed by atoms with E-state index < -0.39 is 16.5 Å². The number of nitriles is 1. The number of hydrogen-bond acceptors (Lipinski definition) is 4. The number of carbonyl (C=O) groups excluding carboxylic acids is 1. The van der Waals surface area contributed by atoms with Crippen molar-refractivity contribution in [3.8, 4) is 6.07 Å². The van der Waals surface area contributed by atoms with Crippen molar-refractivity contribution in [2.24, 2.45) is 0 Å². The van der Waals surface area contributed by atoms with Crippen LogP contribution >= 0.6 is 23.2 Å². The van der Waals surface area contributed by atoms with E-state index in [4.69, 9.17) is 28.5 Å². The van der Waals surface area contributed by atoms with Crippen LogP contribution in [0.2, 0.25) is 10.0 Å². The van der Waals surface area contributed by atoms with E-state index in [1.54, 1.807) is 6.07 Å². The molecule has 1 aromatic carbocycles. The number of carbonyl (C=O) groups is 1. The van der Waals surface area contributed by atoms with Crippen LogP contribution in [0.4, 0.5) is 5.69 Å². The molecule has 0 saturated carbocycles. The summed E-state index contributed by atoms with van der Waals surface area (Å²) in [6.07, 6.45) is 0. The number of hydrogen-bond donors (Lipinski definition) is 1. The predicted molar refractivity (Wildman–Crippen MR) is 61.1 cm³/mol. The van der Waals surface area contributed by atoms with Crippen molar-refractivity contribution in [2.45, 2.75) is 0 Å². The van der Waals surface area contributed by atoms with Gasteiger partial charge in [0.1, 0.15) is 11.6 Å². The molecule has 1 amide bonds. The molecule has 0 atom stereocenters. The quantitative estimate of drug-likeness (QED) is 0.518. The van der Waals surface area contributed by atoms with Crippen LogP contribution in [0.1, 0.15) is 10.4 Å². The summed E-state index contributed by atoms with van der Waals surface area (Å²) in [5.41, 5.74) is -0.595. The summed E-state index contributed by atoms with van der Waals surface area (Å²) in [7, 11) is 0. The Morgan fingerprint density at radius 2 is 2.18 bits per heavy atom. The van der Waals surface area contributed by atoms with Gasteiger partial charge in [0, 0.05) is 11.1 Å². The van der Waals surface area contributed by atoms with Crippen molar-refractivity contribution in [2.75, 3.05) is 6.54 Å². The van der Waals surface area contributed by atoms with E-state index in [2.05, 4.69) is 5.32 Å². The van der Waals surface area contributed by atoms with Gasteiger partial charge in [0.25, 0.3) is 11.6 Å². The maximum Gasteiger partial charge on any atom is 0.290 e. The Labute approximate surface area is 106 Å². The third kappa shape index (κ3) is 3.06. The zero-order chi connectivity index (χ0) is 13.0. The number of nitro benzene ring substituents is 1. The van der Waals surface area contributed by atoms with Gasteiger partial charge in [0.2, 0.25) is 0 Å². The van der Waals surface area contributed by atoms with Crippen molar-refractivity contribution in [3.05, 3.63) is 37.9 Å². The lowest BCUT2D eigenvalue weighted by molar-refractivity contribution is -0.384. The number of nitrogens with one attached hydrogen (secondary N) is 1. The van der Waals surface area contributed by atoms with Crippen molar-refractivity contribution in [3.63, 3.8) is 0 Å². The molecule has 0 fully saturated rings. The summed E-state index contributed by atoms with van der Waals surface area (Å²) in [5.74, 6) is -0.692. The first-order valence-corrected chi connectivity index (χ1v) is 5.01. The first kappa shape index (κ1) is 13.2. The molecule has 0 unspecified atom stereocenters. The standard InChI is InChI=1S/C9H5Cl2N3O3/c10-5-3-6(9(15)13-2-1-12)8(11)7(4-5)14(16)17/h3-4H,2H2,(H,13,15). The second kappa shape index (κ2) is 5.48. The van der Waals surface area contributed by atoms with Gasteiger partial charge in [-0.05, 0) is 6.07 Å². The van der Waals surface area contributed by atoms with Crippen LogP contribution in [0.25, 0.3) is 0 Å². The first-order valence-electron chi connectivity index (χ1n) is 4.26. The minimum Gasteiger partial charge on any atom is -0.339 e. The van der Waals surface area contributed by atoms with Crippen LogP contribution in [0.5, 0.6) is 0 Å². The SMILES string of the molecule is N#CCNC(=O)c1cc(Cl)cc([N+](=O)[O-])c1Cl. The molecule has 0 spiro atoms. The molecule has 0 aromatic heterocycles. The van der Waals surface area contributed by atoms with Crippen molar-refractivity contribution < 1.29 is 9.72 Å². The average Bonchev–Trinajstić information content (AvgIpc) is 2.28. The van der Waals surface area contributed by atoms with Gasteiger partial charge in [0.15, 0.2) is 0 Å². The average molecular weight is 274 g/mol. The Morgan fingerprint density at radius 1 is 1.53 bits per heavy atom. The molecule has 1 aromatic rings. The van der Waals surface area contributed by atoms with Gasteiger partial charge < -0.3 is 5.32 Å². The molecule has 1 rings (SSSR count). The van der Waals surface area contributed by atoms with Gasteiger partial charge in [-0.3, -0.25) is 14.9 Å². The number of benzene rings is 1. The predicted octanol–water partition coefficient (Wildman–Crippen LogP) is 2.15. The highest BCUT2D eigenvalue weighted by Gasteiger charge is 2.21. The van der Waals surface area contributed by atoms with Crippen molar-refractivity contribution in [1.29, 1.82) is 5.26 Å². The minimum absolute atomic E-state index is 0.0169. The lowest BCUT2D eigenvalue weighted by Crippen LogP contribution is -2.24. The summed E-state index contributed by atoms with van der Waals surface area (Å²) in [6.45, 7) is -0.227. The second-order valence-corrected chi connectivity index (χ2v) is 3.70. The maximum absolute atomic E-state index is 11.5. The van der Waals surface area contributed by atoms with Crippen LogP contribution in [0.15, 0.2) is 12.1 Å². The first-order chi connectivity index (χ1) is 7.97. The Morgan fingerprint density at radius 3 is 2.71 bits per heavy atom. The lowest BCUT2D eigenvalue weighted by Gasteiger charge is -2.05. The van der Waals surface area contributed by atoms with E-state index in [1.807, 2.05) is 0 Å². The molecule has 0 radical (unpaired) electrons. The molecule has 0 saturated heterocycles. The van der Waals surface area contributed by atoms with Crippen LogP contribution in [-0.4, -0.2) is 17.4 Å². The number of amides is 1. The Bertz CT molecular complexity index is 525. The molecular weight excluding hydrogens is 269 g/mol. The molecule has 17 heavy (non-hydrogen) atoms. The second-order valence-electron chi connectivity index (χ2n) is 2.88. The third-order valence-electron chi connectivity index (χ3n) is 1.79. The zero-order valence-corrected chi connectivity index (χ0v) is 9.75. The Balaban J connectivity index is 3.21. The van der Waals surface area contributed by atoms with Crippen LogP contribution in [0.3, 0.4) is 0 Å². The molecule has 0 heterocycles. The van der Waals surface area contributed by atoms with E-state index in [0.717, 1.165) is 6.07 Å². The number of rotatable bonds is 3. The largest absolute Gasteiger partial charge is 0.339 e. The summed E-state index contributed by atoms with van der Waals surface area (Å²) in [5, 5.41) is 20.9. The molecule has 8 heteroatoms. The lowest BCUT2D eigenvalue weighted by atomic mass is 10.2. The van der Waals surface area contributed by atoms with Crippen molar-refractivity contribution in [1.82, 2.24) is 5.32 Å². The van der Waals surface area contributed by atoms with E-state index in [-0.39, 0.29) is 22.2 Å². The van der Waals surface area contributed by atoms with Gasteiger partial charge in [-0.25, -0.2) is 0 Å². The van der Waals surface area contributed by atoms with Gasteiger partial charge in [0.05, 0.1) is 16.6 Å². The van der Waals surface area contributed by atoms with Crippen LogP contribution in [-0.2, 0) is 0 Å². The highest BCUT2D eigenvalue weighted by molar-refractivity contribution is 6.37. The molecule has 88 valence electrons. The topological polar surface area (TPSA) is 96.0 Å². The highest BCUT2D eigenvalue weighted by Crippen LogP contribution is 2.31. The summed E-state index contributed by atoms with van der Waals surface area (Å²) in [4.78, 5) is 21.4. The summed E-state index contributed by atoms with van der Waals surface area (Å²) in [6, 6.07) is 3.94. The Kier molecular flexibility index (Phi) is 4.26. The molecule has 0 aliphatic heterocycles. The minimum atomic E-state index is -0.741. The summed E-state index contributed by atoms with van der Waals surface area (Å²) >= 11 is 11.3. The molecule has 1 N–H and O–H groups in total. The molecule has 0 bridgehead atoms. The smallest absolute Gasteiger partial charge is 0.290 e. The van der Waals surface area contributed by atoms with Gasteiger partial charge in [-0.1, -0.05) is 23.2 Å². The zero-order valence-electron chi connectivity index (χ0n) is 8.24. The van der Waals surface area contributed by atoms with E-state index in [9.17, 15) is 14.9 Å². The van der Waals surface area contributed by atoms with Gasteiger partial charge in [-0.15, -0.1) is 0 Å². The van der Waals surface area contributed by atoms with E-state index >= 15 is 0 Å². The molecular formula is C9H5Cl2N3O3. The molecule has 0 aliphatic rings. The number of nitrogens with zero attached hydrogens (tertiary/aromatic N) is 2. The van der Waals surface area contributed by atoms with Gasteiger partial charge in [-0.2, -0.15) is 5.26 Å². The molecule has 6 nitrogen and oxygen atoms in total. The Hall–Kier alpha value is -1.84. The van der Waals surface area contributed by atoms with Gasteiger partial charge >= 0.3 is 0 Å². The van der Waals surface area contributed by atoms with Crippen LogP contribution < -0.4 is 5.32 Å². The monoisotopic (exact) mass is 273 g/mol. The van der Waals surface area contributed by atoms with Crippen LogP contribution in [0, 0.1) is 21.4 Å². The maximum atomic E-state index is 11.5. The van der Waals surface area contributed by atoms with E-state index in [0.29, 0.717) is 0 Å². The summed E-state index contributed by atoms with van der Waals surface area (Å²) < 4.78 is 0. The fraction of sp³-hybridized carbons (Fsp3) is 0.111. The highest BCUT2D eigenvalue weighted by atomic mass is 35.5. The fourth-order valence-corrected chi connectivity index (χ4v) is 1.56. The third-order valence-corrected chi connectivity index (χ3v) is 2.40. The van der Waals surface area contributed by atoms with Crippen molar-refractivity contribution >= 4 is 34.8 Å². The molecule has 0 aliphatic carbocycles. The number of halogens is 2.